The number of hydrogen-bond donors (Lipinski definition) is 2. The molecule has 7 nitrogen and oxygen atoms in total. The third-order valence-corrected chi connectivity index (χ3v) is 3.53. The molecule has 0 aromatic heterocycles. The van der Waals surface area contributed by atoms with Crippen LogP contribution in [0.4, 0.5) is 11.4 Å². The Kier molecular flexibility index (Phi) is 4.65. The van der Waals surface area contributed by atoms with Gasteiger partial charge in [0.25, 0.3) is 0 Å². The number of hydrogen-bond acceptors (Lipinski definition) is 5. The molecule has 0 spiro atoms. The Labute approximate surface area is 143 Å². The Morgan fingerprint density at radius 3 is 2.32 bits per heavy atom. The molecule has 128 valence electrons. The zero-order chi connectivity index (χ0) is 17.8. The SMILES string of the molecule is CC(=O)c1cccc(NC(=O)CC(=O)Nc2ccc3c(c2)OCO3)c1. The fourth-order valence-corrected chi connectivity index (χ4v) is 2.35. The van der Waals surface area contributed by atoms with Gasteiger partial charge in [-0.2, -0.15) is 0 Å². The molecule has 0 atom stereocenters. The van der Waals surface area contributed by atoms with Gasteiger partial charge in [-0.05, 0) is 31.2 Å². The number of benzene rings is 2. The maximum Gasteiger partial charge on any atom is 0.233 e. The van der Waals surface area contributed by atoms with E-state index < -0.39 is 11.8 Å². The van der Waals surface area contributed by atoms with E-state index in [9.17, 15) is 14.4 Å². The first-order valence-corrected chi connectivity index (χ1v) is 7.61. The van der Waals surface area contributed by atoms with E-state index in [1.165, 1.54) is 6.92 Å². The summed E-state index contributed by atoms with van der Waals surface area (Å²) >= 11 is 0. The van der Waals surface area contributed by atoms with E-state index in [0.29, 0.717) is 28.4 Å². The zero-order valence-electron chi connectivity index (χ0n) is 13.5. The predicted molar refractivity (Wildman–Crippen MR) is 90.9 cm³/mol. The minimum atomic E-state index is -0.473. The summed E-state index contributed by atoms with van der Waals surface area (Å²) in [6.07, 6.45) is -0.348. The van der Waals surface area contributed by atoms with Crippen molar-refractivity contribution in [2.75, 3.05) is 17.4 Å². The Hall–Kier alpha value is -3.35. The molecule has 1 aliphatic rings. The van der Waals surface area contributed by atoms with Crippen LogP contribution in [-0.2, 0) is 9.59 Å². The van der Waals surface area contributed by atoms with Crippen LogP contribution >= 0.6 is 0 Å². The summed E-state index contributed by atoms with van der Waals surface area (Å²) in [4.78, 5) is 35.3. The average Bonchev–Trinajstić information content (AvgIpc) is 3.02. The molecule has 1 heterocycles. The Balaban J connectivity index is 1.56. The monoisotopic (exact) mass is 340 g/mol. The van der Waals surface area contributed by atoms with E-state index in [0.717, 1.165) is 0 Å². The first-order chi connectivity index (χ1) is 12.0. The Morgan fingerprint density at radius 1 is 0.920 bits per heavy atom. The molecular formula is C18H16N2O5. The second-order valence-electron chi connectivity index (χ2n) is 5.48. The molecule has 0 radical (unpaired) electrons. The van der Waals surface area contributed by atoms with Crippen molar-refractivity contribution in [1.82, 2.24) is 0 Å². The molecule has 0 aliphatic carbocycles. The lowest BCUT2D eigenvalue weighted by Gasteiger charge is -2.08. The van der Waals surface area contributed by atoms with Crippen LogP contribution in [-0.4, -0.2) is 24.4 Å². The van der Waals surface area contributed by atoms with Crippen LogP contribution in [0, 0.1) is 0 Å². The number of carbonyl (C=O) groups is 3. The van der Waals surface area contributed by atoms with E-state index >= 15 is 0 Å². The van der Waals surface area contributed by atoms with Gasteiger partial charge >= 0.3 is 0 Å². The maximum absolute atomic E-state index is 12.0. The van der Waals surface area contributed by atoms with E-state index in [-0.39, 0.29) is 19.0 Å². The zero-order valence-corrected chi connectivity index (χ0v) is 13.5. The number of Topliss-reactive ketones (excluding diaryl/α,β-unsaturated/α-hetero) is 1. The highest BCUT2D eigenvalue weighted by molar-refractivity contribution is 6.08. The van der Waals surface area contributed by atoms with Crippen LogP contribution < -0.4 is 20.1 Å². The van der Waals surface area contributed by atoms with Crippen molar-refractivity contribution in [1.29, 1.82) is 0 Å². The van der Waals surface area contributed by atoms with Gasteiger partial charge < -0.3 is 20.1 Å². The van der Waals surface area contributed by atoms with Crippen LogP contribution in [0.2, 0.25) is 0 Å². The van der Waals surface area contributed by atoms with Crippen molar-refractivity contribution in [2.45, 2.75) is 13.3 Å². The van der Waals surface area contributed by atoms with Gasteiger partial charge in [0.2, 0.25) is 18.6 Å². The summed E-state index contributed by atoms with van der Waals surface area (Å²) in [6, 6.07) is 11.5. The normalized spacial score (nSPS) is 11.7. The third-order valence-electron chi connectivity index (χ3n) is 3.53. The van der Waals surface area contributed by atoms with Crippen molar-refractivity contribution in [2.24, 2.45) is 0 Å². The quantitative estimate of drug-likeness (QED) is 0.644. The van der Waals surface area contributed by atoms with Crippen LogP contribution in [0.1, 0.15) is 23.7 Å². The molecule has 0 fully saturated rings. The second kappa shape index (κ2) is 7.04. The first-order valence-electron chi connectivity index (χ1n) is 7.61. The molecule has 0 bridgehead atoms. The van der Waals surface area contributed by atoms with Crippen molar-refractivity contribution < 1.29 is 23.9 Å². The standard InChI is InChI=1S/C18H16N2O5/c1-11(21)12-3-2-4-13(7-12)19-17(22)9-18(23)20-14-5-6-15-16(8-14)25-10-24-15/h2-8H,9-10H2,1H3,(H,19,22)(H,20,23). The number of fused-ring (bicyclic) bond motifs is 1. The first kappa shape index (κ1) is 16.5. The summed E-state index contributed by atoms with van der Waals surface area (Å²) in [5, 5.41) is 5.23. The van der Waals surface area contributed by atoms with Crippen LogP contribution in [0.15, 0.2) is 42.5 Å². The smallest absolute Gasteiger partial charge is 0.233 e. The van der Waals surface area contributed by atoms with Gasteiger partial charge in [0.15, 0.2) is 17.3 Å². The van der Waals surface area contributed by atoms with E-state index in [4.69, 9.17) is 9.47 Å². The molecule has 1 aliphatic heterocycles. The van der Waals surface area contributed by atoms with Gasteiger partial charge in [-0.3, -0.25) is 14.4 Å². The molecule has 0 saturated heterocycles. The summed E-state index contributed by atoms with van der Waals surface area (Å²) < 4.78 is 10.4. The molecule has 7 heteroatoms. The largest absolute Gasteiger partial charge is 0.454 e. The summed E-state index contributed by atoms with van der Waals surface area (Å²) in [5.41, 5.74) is 1.47. The molecule has 0 saturated carbocycles. The number of carbonyl (C=O) groups excluding carboxylic acids is 3. The summed E-state index contributed by atoms with van der Waals surface area (Å²) in [5.74, 6) is 0.124. The van der Waals surface area contributed by atoms with Crippen molar-refractivity contribution >= 4 is 29.0 Å². The molecule has 3 rings (SSSR count). The van der Waals surface area contributed by atoms with E-state index in [1.807, 2.05) is 0 Å². The van der Waals surface area contributed by atoms with E-state index in [1.54, 1.807) is 42.5 Å². The molecular weight excluding hydrogens is 324 g/mol. The molecule has 2 aromatic rings. The molecule has 25 heavy (non-hydrogen) atoms. The number of nitrogens with one attached hydrogen (secondary N) is 2. The Bertz CT molecular complexity index is 847. The fraction of sp³-hybridized carbons (Fsp3) is 0.167. The van der Waals surface area contributed by atoms with Gasteiger partial charge in [0.05, 0.1) is 0 Å². The van der Waals surface area contributed by atoms with E-state index in [2.05, 4.69) is 10.6 Å². The summed E-state index contributed by atoms with van der Waals surface area (Å²) in [6.45, 7) is 1.59. The number of ketones is 1. The average molecular weight is 340 g/mol. The van der Waals surface area contributed by atoms with Gasteiger partial charge in [0, 0.05) is 23.0 Å². The molecule has 2 aromatic carbocycles. The number of rotatable bonds is 5. The molecule has 2 amide bonds. The predicted octanol–water partition coefficient (Wildman–Crippen LogP) is 2.59. The van der Waals surface area contributed by atoms with Crippen molar-refractivity contribution in [3.8, 4) is 11.5 Å². The minimum absolute atomic E-state index is 0.100. The van der Waals surface area contributed by atoms with Crippen LogP contribution in [0.25, 0.3) is 0 Å². The highest BCUT2D eigenvalue weighted by atomic mass is 16.7. The van der Waals surface area contributed by atoms with Gasteiger partial charge in [-0.1, -0.05) is 12.1 Å². The van der Waals surface area contributed by atoms with Crippen LogP contribution in [0.3, 0.4) is 0 Å². The minimum Gasteiger partial charge on any atom is -0.454 e. The number of anilines is 2. The maximum atomic E-state index is 12.0. The molecule has 0 unspecified atom stereocenters. The van der Waals surface area contributed by atoms with Crippen molar-refractivity contribution in [3.05, 3.63) is 48.0 Å². The lowest BCUT2D eigenvalue weighted by Crippen LogP contribution is -2.21. The Morgan fingerprint density at radius 2 is 1.60 bits per heavy atom. The third kappa shape index (κ3) is 4.14. The van der Waals surface area contributed by atoms with Crippen LogP contribution in [0.5, 0.6) is 11.5 Å². The highest BCUT2D eigenvalue weighted by Crippen LogP contribution is 2.34. The summed E-state index contributed by atoms with van der Waals surface area (Å²) in [7, 11) is 0. The number of ether oxygens (including phenoxy) is 2. The fourth-order valence-electron chi connectivity index (χ4n) is 2.35. The lowest BCUT2D eigenvalue weighted by atomic mass is 10.1. The van der Waals surface area contributed by atoms with Crippen molar-refractivity contribution in [3.63, 3.8) is 0 Å². The molecule has 2 N–H and O–H groups in total. The number of amides is 2. The highest BCUT2D eigenvalue weighted by Gasteiger charge is 2.15. The van der Waals surface area contributed by atoms with Gasteiger partial charge in [-0.25, -0.2) is 0 Å². The second-order valence-corrected chi connectivity index (χ2v) is 5.48. The van der Waals surface area contributed by atoms with Gasteiger partial charge in [0.1, 0.15) is 6.42 Å². The van der Waals surface area contributed by atoms with Gasteiger partial charge in [-0.15, -0.1) is 0 Å². The topological polar surface area (TPSA) is 93.7 Å². The lowest BCUT2D eigenvalue weighted by molar-refractivity contribution is -0.123.